The summed E-state index contributed by atoms with van der Waals surface area (Å²) in [5.74, 6) is 2.77. The van der Waals surface area contributed by atoms with Crippen LogP contribution in [0.25, 0.3) is 0 Å². The second kappa shape index (κ2) is 7.97. The summed E-state index contributed by atoms with van der Waals surface area (Å²) < 4.78 is 13.3. The molecular weight excluding hydrogens is 363 g/mol. The third kappa shape index (κ3) is 3.66. The zero-order valence-electron chi connectivity index (χ0n) is 17.0. The maximum atomic E-state index is 6.65. The van der Waals surface area contributed by atoms with E-state index in [0.29, 0.717) is 11.8 Å². The first kappa shape index (κ1) is 19.0. The van der Waals surface area contributed by atoms with E-state index in [4.69, 9.17) is 9.05 Å². The van der Waals surface area contributed by atoms with Gasteiger partial charge in [0.25, 0.3) is 0 Å². The largest absolute Gasteiger partial charge is 0.435 e. The molecule has 0 radical (unpaired) electrons. The molecule has 0 aliphatic carbocycles. The van der Waals surface area contributed by atoms with Gasteiger partial charge in [-0.3, -0.25) is 0 Å². The fourth-order valence-electron chi connectivity index (χ4n) is 3.66. The molecule has 0 saturated heterocycles. The van der Waals surface area contributed by atoms with Crippen molar-refractivity contribution >= 4 is 13.7 Å². The third-order valence-electron chi connectivity index (χ3n) is 5.19. The van der Waals surface area contributed by atoms with Crippen LogP contribution in [-0.2, 0) is 6.42 Å². The maximum Gasteiger partial charge on any atom is 0.326 e. The van der Waals surface area contributed by atoms with Gasteiger partial charge in [0.2, 0.25) is 0 Å². The minimum Gasteiger partial charge on any atom is -0.435 e. The highest BCUT2D eigenvalue weighted by molar-refractivity contribution is 7.56. The lowest BCUT2D eigenvalue weighted by Crippen LogP contribution is -2.15. The van der Waals surface area contributed by atoms with E-state index in [1.807, 2.05) is 18.2 Å². The molecule has 2 nitrogen and oxygen atoms in total. The van der Waals surface area contributed by atoms with Gasteiger partial charge in [0.05, 0.1) is 5.30 Å². The smallest absolute Gasteiger partial charge is 0.326 e. The van der Waals surface area contributed by atoms with E-state index < -0.39 is 8.38 Å². The predicted molar refractivity (Wildman–Crippen MR) is 118 cm³/mol. The van der Waals surface area contributed by atoms with E-state index in [1.165, 1.54) is 22.3 Å². The van der Waals surface area contributed by atoms with Crippen molar-refractivity contribution in [1.29, 1.82) is 0 Å². The van der Waals surface area contributed by atoms with Crippen LogP contribution >= 0.6 is 8.38 Å². The van der Waals surface area contributed by atoms with Crippen LogP contribution in [0.2, 0.25) is 0 Å². The minimum atomic E-state index is -1.27. The first-order valence-electron chi connectivity index (χ1n) is 9.99. The molecule has 3 aromatic carbocycles. The topological polar surface area (TPSA) is 18.5 Å². The van der Waals surface area contributed by atoms with E-state index in [9.17, 15) is 0 Å². The Balaban J connectivity index is 1.91. The summed E-state index contributed by atoms with van der Waals surface area (Å²) in [5, 5.41) is 1.09. The van der Waals surface area contributed by atoms with Gasteiger partial charge in [-0.2, -0.15) is 0 Å². The molecule has 1 aliphatic heterocycles. The highest BCUT2D eigenvalue weighted by Gasteiger charge is 2.28. The number of hydrogen-bond donors (Lipinski definition) is 0. The van der Waals surface area contributed by atoms with Crippen molar-refractivity contribution in [1.82, 2.24) is 0 Å². The van der Waals surface area contributed by atoms with Crippen LogP contribution in [0.5, 0.6) is 11.5 Å². The van der Waals surface area contributed by atoms with Crippen LogP contribution in [0.1, 0.15) is 61.8 Å². The SMILES string of the molecule is CC(C)c1cccc2c1OP(c1ccccc1)Oc1c(cccc1C(C)C)C2. The number of fused-ring (bicyclic) bond motifs is 2. The Bertz CT molecular complexity index is 904. The average Bonchev–Trinajstić information content (AvgIpc) is 2.67. The molecule has 0 spiro atoms. The molecule has 28 heavy (non-hydrogen) atoms. The molecule has 0 bridgehead atoms. The van der Waals surface area contributed by atoms with Gasteiger partial charge in [0.1, 0.15) is 11.5 Å². The van der Waals surface area contributed by atoms with Crippen molar-refractivity contribution in [2.24, 2.45) is 0 Å². The fourth-order valence-corrected chi connectivity index (χ4v) is 5.11. The molecule has 3 aromatic rings. The Labute approximate surface area is 169 Å². The minimum absolute atomic E-state index is 0.392. The molecule has 144 valence electrons. The molecule has 1 aliphatic rings. The van der Waals surface area contributed by atoms with Crippen molar-refractivity contribution in [3.63, 3.8) is 0 Å². The quantitative estimate of drug-likeness (QED) is 0.451. The lowest BCUT2D eigenvalue weighted by atomic mass is 9.93. The highest BCUT2D eigenvalue weighted by atomic mass is 31.2. The standard InChI is InChI=1S/C25H27O2P/c1-17(2)22-14-8-10-19-16-20-11-9-15-23(18(3)4)25(20)27-28(26-24(19)22)21-12-6-5-7-13-21/h5-15,17-18H,16H2,1-4H3. The van der Waals surface area contributed by atoms with Crippen molar-refractivity contribution in [2.45, 2.75) is 46.0 Å². The number of rotatable bonds is 3. The van der Waals surface area contributed by atoms with E-state index in [1.54, 1.807) is 0 Å². The second-order valence-corrected chi connectivity index (χ2v) is 9.33. The first-order valence-corrected chi connectivity index (χ1v) is 11.2. The summed E-state index contributed by atoms with van der Waals surface area (Å²) >= 11 is 0. The number of hydrogen-bond acceptors (Lipinski definition) is 2. The molecule has 0 fully saturated rings. The molecule has 0 N–H and O–H groups in total. The lowest BCUT2D eigenvalue weighted by Gasteiger charge is -2.29. The molecule has 0 amide bonds. The van der Waals surface area contributed by atoms with E-state index in [-0.39, 0.29) is 0 Å². The van der Waals surface area contributed by atoms with Gasteiger partial charge in [-0.05, 0) is 46.2 Å². The number of benzene rings is 3. The summed E-state index contributed by atoms with van der Waals surface area (Å²) in [6.45, 7) is 8.87. The molecule has 0 atom stereocenters. The van der Waals surface area contributed by atoms with Crippen LogP contribution in [-0.4, -0.2) is 0 Å². The summed E-state index contributed by atoms with van der Waals surface area (Å²) in [4.78, 5) is 0. The van der Waals surface area contributed by atoms with Gasteiger partial charge in [0, 0.05) is 6.42 Å². The summed E-state index contributed by atoms with van der Waals surface area (Å²) in [6.07, 6.45) is 0.823. The number of para-hydroxylation sites is 2. The van der Waals surface area contributed by atoms with E-state index in [2.05, 4.69) is 76.2 Å². The van der Waals surface area contributed by atoms with E-state index in [0.717, 1.165) is 23.2 Å². The van der Waals surface area contributed by atoms with Gasteiger partial charge < -0.3 is 9.05 Å². The molecular formula is C25H27O2P. The van der Waals surface area contributed by atoms with Gasteiger partial charge in [-0.25, -0.2) is 0 Å². The Hall–Kier alpha value is -2.31. The Morgan fingerprint density at radius 2 is 1.14 bits per heavy atom. The summed E-state index contributed by atoms with van der Waals surface area (Å²) in [6, 6.07) is 23.4. The molecule has 3 heteroatoms. The van der Waals surface area contributed by atoms with Gasteiger partial charge in [0.15, 0.2) is 0 Å². The van der Waals surface area contributed by atoms with Crippen molar-refractivity contribution in [2.75, 3.05) is 0 Å². The summed E-state index contributed by atoms with van der Waals surface area (Å²) in [5.41, 5.74) is 4.96. The van der Waals surface area contributed by atoms with Crippen molar-refractivity contribution < 1.29 is 9.05 Å². The lowest BCUT2D eigenvalue weighted by molar-refractivity contribution is 0.477. The zero-order valence-corrected chi connectivity index (χ0v) is 17.9. The van der Waals surface area contributed by atoms with Gasteiger partial charge in [-0.1, -0.05) is 82.3 Å². The molecule has 1 heterocycles. The summed E-state index contributed by atoms with van der Waals surface area (Å²) in [7, 11) is -1.27. The van der Waals surface area contributed by atoms with Crippen molar-refractivity contribution in [3.8, 4) is 11.5 Å². The molecule has 0 aromatic heterocycles. The Morgan fingerprint density at radius 1 is 0.643 bits per heavy atom. The molecule has 0 saturated carbocycles. The van der Waals surface area contributed by atoms with Crippen LogP contribution in [0.4, 0.5) is 0 Å². The van der Waals surface area contributed by atoms with Crippen LogP contribution in [0, 0.1) is 0 Å². The average molecular weight is 390 g/mol. The van der Waals surface area contributed by atoms with Crippen LogP contribution in [0.15, 0.2) is 66.7 Å². The molecule has 0 unspecified atom stereocenters. The predicted octanol–water partition coefficient (Wildman–Crippen LogP) is 6.93. The van der Waals surface area contributed by atoms with Gasteiger partial charge in [-0.15, -0.1) is 0 Å². The first-order chi connectivity index (χ1) is 13.5. The Morgan fingerprint density at radius 3 is 1.61 bits per heavy atom. The van der Waals surface area contributed by atoms with Crippen LogP contribution in [0.3, 0.4) is 0 Å². The van der Waals surface area contributed by atoms with Gasteiger partial charge >= 0.3 is 8.38 Å². The highest BCUT2D eigenvalue weighted by Crippen LogP contribution is 2.49. The maximum absolute atomic E-state index is 6.65. The van der Waals surface area contributed by atoms with Crippen LogP contribution < -0.4 is 14.4 Å². The normalized spacial score (nSPS) is 13.9. The second-order valence-electron chi connectivity index (χ2n) is 7.93. The Kier molecular flexibility index (Phi) is 5.42. The molecule has 4 rings (SSSR count). The fraction of sp³-hybridized carbons (Fsp3) is 0.280. The monoisotopic (exact) mass is 390 g/mol. The third-order valence-corrected chi connectivity index (χ3v) is 6.61. The van der Waals surface area contributed by atoms with E-state index >= 15 is 0 Å². The zero-order chi connectivity index (χ0) is 19.7. The van der Waals surface area contributed by atoms with Crippen molar-refractivity contribution in [3.05, 3.63) is 89.0 Å².